The Morgan fingerprint density at radius 1 is 0.333 bits per heavy atom. The van der Waals surface area contributed by atoms with Gasteiger partial charge < -0.3 is 30.7 Å². The van der Waals surface area contributed by atoms with E-state index in [0.717, 1.165) is 76.0 Å². The fraction of sp³-hybridized carbons (Fsp3) is 0.944. The van der Waals surface area contributed by atoms with Gasteiger partial charge in [-0.3, -0.25) is 0 Å². The smallest absolute Gasteiger partial charge is 0.232 e. The minimum absolute atomic E-state index is 0.0105. The molecule has 4 heterocycles. The Bertz CT molecular complexity index is 1240. The fourth-order valence-corrected chi connectivity index (χ4v) is 12.7. The van der Waals surface area contributed by atoms with Crippen molar-refractivity contribution in [1.82, 2.24) is 30.9 Å². The van der Waals surface area contributed by atoms with Gasteiger partial charge in [-0.1, -0.05) is 117 Å². The molecular weight excluding hydrogens is 775 g/mol. The minimum atomic E-state index is 0.0105. The van der Waals surface area contributed by atoms with Crippen LogP contribution < -0.4 is 30.7 Å². The van der Waals surface area contributed by atoms with Crippen LogP contribution in [0.1, 0.15) is 258 Å². The van der Waals surface area contributed by atoms with Crippen LogP contribution in [0.3, 0.4) is 0 Å². The third-order valence-electron chi connectivity index (χ3n) is 14.5. The van der Waals surface area contributed by atoms with Gasteiger partial charge in [0.05, 0.1) is 0 Å². The summed E-state index contributed by atoms with van der Waals surface area (Å²) in [6, 6.07) is 1.01. The Hall–Kier alpha value is -1.71. The first-order valence-electron chi connectivity index (χ1n) is 26.9. The molecule has 0 atom stereocenters. The highest BCUT2D eigenvalue weighted by Gasteiger charge is 2.45. The molecule has 3 aliphatic rings. The molecule has 3 N–H and O–H groups in total. The molecule has 0 aromatic carbocycles. The van der Waals surface area contributed by atoms with Gasteiger partial charge in [-0.25, -0.2) is 0 Å². The molecule has 0 unspecified atom stereocenters. The maximum absolute atomic E-state index is 5.80. The molecule has 9 nitrogen and oxygen atoms in total. The van der Waals surface area contributed by atoms with Crippen molar-refractivity contribution in [2.45, 2.75) is 309 Å². The number of nitrogens with zero attached hydrogens (tertiary/aromatic N) is 6. The van der Waals surface area contributed by atoms with E-state index in [9.17, 15) is 0 Å². The van der Waals surface area contributed by atoms with E-state index in [0.29, 0.717) is 18.1 Å². The van der Waals surface area contributed by atoms with Gasteiger partial charge >= 0.3 is 0 Å². The third kappa shape index (κ3) is 18.1. The Morgan fingerprint density at radius 2 is 0.524 bits per heavy atom. The average molecular weight is 880 g/mol. The topological polar surface area (TPSA) is 84.5 Å². The van der Waals surface area contributed by atoms with Gasteiger partial charge in [-0.2, -0.15) is 15.0 Å². The van der Waals surface area contributed by atoms with Crippen molar-refractivity contribution < 1.29 is 0 Å². The van der Waals surface area contributed by atoms with E-state index < -0.39 is 0 Å². The number of rotatable bonds is 27. The van der Waals surface area contributed by atoms with Crippen LogP contribution in [-0.2, 0) is 0 Å². The van der Waals surface area contributed by atoms with E-state index in [1.807, 2.05) is 0 Å². The van der Waals surface area contributed by atoms with E-state index in [-0.39, 0.29) is 33.2 Å². The highest BCUT2D eigenvalue weighted by Crippen LogP contribution is 2.39. The maximum atomic E-state index is 5.80. The van der Waals surface area contributed by atoms with E-state index in [1.54, 1.807) is 0 Å². The predicted molar refractivity (Wildman–Crippen MR) is 275 cm³/mol. The summed E-state index contributed by atoms with van der Waals surface area (Å²) < 4.78 is 0. The minimum Gasteiger partial charge on any atom is -0.338 e. The van der Waals surface area contributed by atoms with Crippen LogP contribution in [0.25, 0.3) is 0 Å². The number of anilines is 3. The lowest BCUT2D eigenvalue weighted by Crippen LogP contribution is -2.63. The normalized spacial score (nSPS) is 22.0. The Kier molecular flexibility index (Phi) is 20.4. The van der Waals surface area contributed by atoms with Gasteiger partial charge in [0.1, 0.15) is 0 Å². The summed E-state index contributed by atoms with van der Waals surface area (Å²) in [5, 5.41) is 12.0. The SMILES string of the molecule is CCCCCCCCN(c1nc(N(CCCCCCCC)C2CC(C)(C)NC(C)(C)C2)nc(N(CCCCCCCC)C2CC(C)(C)NC(C)(C)C2)n1)C1CC(C)(C)NC(C)(C)C1. The van der Waals surface area contributed by atoms with Crippen molar-refractivity contribution in [3.8, 4) is 0 Å². The third-order valence-corrected chi connectivity index (χ3v) is 14.5. The number of aromatic nitrogens is 3. The molecule has 0 saturated carbocycles. The fourth-order valence-electron chi connectivity index (χ4n) is 12.7. The molecule has 0 radical (unpaired) electrons. The van der Waals surface area contributed by atoms with E-state index in [4.69, 9.17) is 15.0 Å². The van der Waals surface area contributed by atoms with Crippen molar-refractivity contribution >= 4 is 17.8 Å². The molecule has 0 amide bonds. The summed E-state index contributed by atoms with van der Waals surface area (Å²) in [5.41, 5.74) is 0.0633. The number of unbranched alkanes of at least 4 members (excludes halogenated alkanes) is 15. The number of piperidine rings is 3. The molecule has 9 heteroatoms. The highest BCUT2D eigenvalue weighted by atomic mass is 15.4. The number of hydrogen-bond donors (Lipinski definition) is 3. The highest BCUT2D eigenvalue weighted by molar-refractivity contribution is 5.49. The van der Waals surface area contributed by atoms with Crippen LogP contribution >= 0.6 is 0 Å². The summed E-state index contributed by atoms with van der Waals surface area (Å²) in [7, 11) is 0. The molecule has 1 aromatic rings. The van der Waals surface area contributed by atoms with Crippen LogP contribution in [0.4, 0.5) is 17.8 Å². The van der Waals surface area contributed by atoms with Gasteiger partial charge in [0.15, 0.2) is 0 Å². The Balaban J connectivity index is 1.92. The average Bonchev–Trinajstić information content (AvgIpc) is 3.13. The zero-order valence-electron chi connectivity index (χ0n) is 44.5. The second-order valence-electron chi connectivity index (χ2n) is 25.0. The molecule has 0 spiro atoms. The lowest BCUT2D eigenvalue weighted by atomic mass is 9.79. The lowest BCUT2D eigenvalue weighted by molar-refractivity contribution is 0.156. The second kappa shape index (κ2) is 23.8. The van der Waals surface area contributed by atoms with Crippen molar-refractivity contribution in [2.24, 2.45) is 0 Å². The van der Waals surface area contributed by atoms with Crippen molar-refractivity contribution in [3.63, 3.8) is 0 Å². The summed E-state index contributed by atoms with van der Waals surface area (Å²) >= 11 is 0. The van der Waals surface area contributed by atoms with E-state index in [2.05, 4.69) is 135 Å². The van der Waals surface area contributed by atoms with Crippen molar-refractivity contribution in [2.75, 3.05) is 34.3 Å². The van der Waals surface area contributed by atoms with Crippen LogP contribution in [0, 0.1) is 0 Å². The van der Waals surface area contributed by atoms with Crippen LogP contribution in [-0.4, -0.2) is 85.9 Å². The molecule has 0 bridgehead atoms. The largest absolute Gasteiger partial charge is 0.338 e. The zero-order valence-corrected chi connectivity index (χ0v) is 44.5. The molecule has 3 fully saturated rings. The standard InChI is InChI=1S/C54H105N9/c1-16-19-22-25-28-31-34-61(43-37-49(4,5)58-50(6,7)38-43)46-55-47(62(35-32-29-26-23-20-17-2)44-39-51(8,9)59-52(10,11)40-44)57-48(56-46)63(36-33-30-27-24-21-18-3)45-41-53(12,13)60-54(14,15)42-45/h43-45,58-60H,16-42H2,1-15H3. The number of hydrogen-bond acceptors (Lipinski definition) is 9. The Morgan fingerprint density at radius 3 is 0.730 bits per heavy atom. The second-order valence-corrected chi connectivity index (χ2v) is 25.0. The van der Waals surface area contributed by atoms with Gasteiger partial charge in [0, 0.05) is 71.0 Å². The summed E-state index contributed by atoms with van der Waals surface area (Å²) in [5.74, 6) is 2.76. The first-order valence-corrected chi connectivity index (χ1v) is 26.9. The first-order chi connectivity index (χ1) is 29.5. The van der Waals surface area contributed by atoms with E-state index in [1.165, 1.54) is 116 Å². The molecular formula is C54H105N9. The zero-order chi connectivity index (χ0) is 46.5. The number of nitrogens with one attached hydrogen (secondary N) is 3. The van der Waals surface area contributed by atoms with Crippen molar-refractivity contribution in [1.29, 1.82) is 0 Å². The van der Waals surface area contributed by atoms with Gasteiger partial charge in [-0.15, -0.1) is 0 Å². The molecule has 0 aliphatic carbocycles. The molecule has 4 rings (SSSR count). The van der Waals surface area contributed by atoms with Crippen molar-refractivity contribution in [3.05, 3.63) is 0 Å². The van der Waals surface area contributed by atoms with Crippen LogP contribution in [0.5, 0.6) is 0 Å². The molecule has 366 valence electrons. The summed E-state index contributed by atoms with van der Waals surface area (Å²) in [4.78, 5) is 25.5. The van der Waals surface area contributed by atoms with Gasteiger partial charge in [-0.05, 0) is 141 Å². The molecule has 1 aromatic heterocycles. The lowest BCUT2D eigenvalue weighted by Gasteiger charge is -2.51. The van der Waals surface area contributed by atoms with Crippen LogP contribution in [0.15, 0.2) is 0 Å². The summed E-state index contributed by atoms with van der Waals surface area (Å²) in [6.07, 6.45) is 29.4. The van der Waals surface area contributed by atoms with E-state index >= 15 is 0 Å². The quantitative estimate of drug-likeness (QED) is 0.0748. The van der Waals surface area contributed by atoms with Gasteiger partial charge in [0.2, 0.25) is 17.8 Å². The maximum Gasteiger partial charge on any atom is 0.232 e. The van der Waals surface area contributed by atoms with Gasteiger partial charge in [0.25, 0.3) is 0 Å². The molecule has 3 aliphatic heterocycles. The predicted octanol–water partition coefficient (Wildman–Crippen LogP) is 13.3. The monoisotopic (exact) mass is 880 g/mol. The molecule has 3 saturated heterocycles. The first kappa shape index (κ1) is 53.9. The molecule has 63 heavy (non-hydrogen) atoms. The summed E-state index contributed by atoms with van der Waals surface area (Å²) in [6.45, 7) is 38.8. The van der Waals surface area contributed by atoms with Crippen LogP contribution in [0.2, 0.25) is 0 Å². The Labute approximate surface area is 391 Å².